The van der Waals surface area contributed by atoms with Crippen LogP contribution in [-0.4, -0.2) is 29.5 Å². The Kier molecular flexibility index (Phi) is 4.81. The summed E-state index contributed by atoms with van der Waals surface area (Å²) < 4.78 is 0.984. The highest BCUT2D eigenvalue weighted by Gasteiger charge is 2.05. The summed E-state index contributed by atoms with van der Waals surface area (Å²) >= 11 is 2.13. The van der Waals surface area contributed by atoms with Crippen LogP contribution in [0.15, 0.2) is 18.2 Å². The van der Waals surface area contributed by atoms with Crippen LogP contribution in [0.3, 0.4) is 0 Å². The minimum absolute atomic E-state index is 0.228. The lowest BCUT2D eigenvalue weighted by Gasteiger charge is -2.11. The molecule has 3 N–H and O–H groups in total. The third kappa shape index (κ3) is 3.66. The van der Waals surface area contributed by atoms with Crippen LogP contribution in [0.2, 0.25) is 0 Å². The maximum absolute atomic E-state index is 9.14. The van der Waals surface area contributed by atoms with Crippen molar-refractivity contribution in [1.82, 2.24) is 0 Å². The van der Waals surface area contributed by atoms with Crippen molar-refractivity contribution in [2.24, 2.45) is 0 Å². The van der Waals surface area contributed by atoms with E-state index in [4.69, 9.17) is 15.5 Å². The molecule has 5 heteroatoms. The van der Waals surface area contributed by atoms with Gasteiger partial charge in [-0.2, -0.15) is 5.26 Å². The standard InChI is InChI=1S/C10H11IN2O2/c11-8-1-2-10(7(3-8)4-12)13-5-9(15)6-14/h1-3,9,13-15H,5-6H2. The molecule has 0 aliphatic heterocycles. The van der Waals surface area contributed by atoms with Gasteiger partial charge in [0.1, 0.15) is 6.07 Å². The zero-order chi connectivity index (χ0) is 11.3. The number of nitriles is 1. The Bertz CT molecular complexity index is 376. The highest BCUT2D eigenvalue weighted by atomic mass is 127. The smallest absolute Gasteiger partial charge is 0.101 e. The Morgan fingerprint density at radius 1 is 1.53 bits per heavy atom. The second-order valence-corrected chi connectivity index (χ2v) is 4.26. The minimum Gasteiger partial charge on any atom is -0.394 e. The van der Waals surface area contributed by atoms with Crippen LogP contribution in [0.4, 0.5) is 5.69 Å². The van der Waals surface area contributed by atoms with Gasteiger partial charge in [0.05, 0.1) is 24.0 Å². The second-order valence-electron chi connectivity index (χ2n) is 3.02. The minimum atomic E-state index is -0.809. The predicted molar refractivity (Wildman–Crippen MR) is 65.5 cm³/mol. The average Bonchev–Trinajstić information content (AvgIpc) is 2.26. The number of hydrogen-bond acceptors (Lipinski definition) is 4. The quantitative estimate of drug-likeness (QED) is 0.722. The molecular weight excluding hydrogens is 307 g/mol. The van der Waals surface area contributed by atoms with Gasteiger partial charge >= 0.3 is 0 Å². The normalized spacial score (nSPS) is 11.9. The molecular formula is C10H11IN2O2. The van der Waals surface area contributed by atoms with Gasteiger partial charge in [-0.15, -0.1) is 0 Å². The molecule has 1 atom stereocenters. The zero-order valence-corrected chi connectivity index (χ0v) is 10.1. The largest absolute Gasteiger partial charge is 0.394 e. The summed E-state index contributed by atoms with van der Waals surface area (Å²) in [6, 6.07) is 7.48. The zero-order valence-electron chi connectivity index (χ0n) is 7.94. The molecule has 0 saturated heterocycles. The summed E-state index contributed by atoms with van der Waals surface area (Å²) in [5.74, 6) is 0. The summed E-state index contributed by atoms with van der Waals surface area (Å²) in [6.07, 6.45) is -0.809. The molecule has 80 valence electrons. The van der Waals surface area contributed by atoms with Gasteiger partial charge in [-0.3, -0.25) is 0 Å². The van der Waals surface area contributed by atoms with Crippen molar-refractivity contribution in [2.75, 3.05) is 18.5 Å². The molecule has 0 aromatic heterocycles. The lowest BCUT2D eigenvalue weighted by Crippen LogP contribution is -2.23. The van der Waals surface area contributed by atoms with E-state index >= 15 is 0 Å². The average molecular weight is 318 g/mol. The number of benzene rings is 1. The third-order valence-corrected chi connectivity index (χ3v) is 2.51. The Labute approximate surface area is 102 Å². The number of rotatable bonds is 4. The van der Waals surface area contributed by atoms with E-state index in [9.17, 15) is 0 Å². The van der Waals surface area contributed by atoms with Gasteiger partial charge in [0, 0.05) is 10.1 Å². The number of hydrogen-bond donors (Lipinski definition) is 3. The Morgan fingerprint density at radius 3 is 2.87 bits per heavy atom. The van der Waals surface area contributed by atoms with E-state index < -0.39 is 6.10 Å². The molecule has 1 aromatic rings. The van der Waals surface area contributed by atoms with E-state index in [0.717, 1.165) is 3.57 Å². The SMILES string of the molecule is N#Cc1cc(I)ccc1NCC(O)CO. The molecule has 1 rings (SSSR count). The van der Waals surface area contributed by atoms with Gasteiger partial charge in [-0.25, -0.2) is 0 Å². The maximum atomic E-state index is 9.14. The van der Waals surface area contributed by atoms with Crippen molar-refractivity contribution in [3.63, 3.8) is 0 Å². The second kappa shape index (κ2) is 5.90. The fourth-order valence-electron chi connectivity index (χ4n) is 1.06. The first-order valence-electron chi connectivity index (χ1n) is 4.40. The van der Waals surface area contributed by atoms with Gasteiger partial charge in [0.15, 0.2) is 0 Å². The first-order chi connectivity index (χ1) is 7.17. The molecule has 0 radical (unpaired) electrons. The molecule has 15 heavy (non-hydrogen) atoms. The van der Waals surface area contributed by atoms with E-state index in [1.807, 2.05) is 6.07 Å². The van der Waals surface area contributed by atoms with Gasteiger partial charge in [-0.05, 0) is 40.8 Å². The lowest BCUT2D eigenvalue weighted by atomic mass is 10.2. The fourth-order valence-corrected chi connectivity index (χ4v) is 1.55. The van der Waals surface area contributed by atoms with Crippen molar-refractivity contribution >= 4 is 28.3 Å². The summed E-state index contributed by atoms with van der Waals surface area (Å²) in [5, 5.41) is 29.5. The van der Waals surface area contributed by atoms with Crippen LogP contribution in [0.5, 0.6) is 0 Å². The van der Waals surface area contributed by atoms with E-state index in [2.05, 4.69) is 34.0 Å². The van der Waals surface area contributed by atoms with E-state index in [-0.39, 0.29) is 13.2 Å². The molecule has 0 aliphatic carbocycles. The van der Waals surface area contributed by atoms with E-state index in [1.54, 1.807) is 12.1 Å². The highest BCUT2D eigenvalue weighted by molar-refractivity contribution is 14.1. The van der Waals surface area contributed by atoms with Gasteiger partial charge in [0.2, 0.25) is 0 Å². The molecule has 1 unspecified atom stereocenters. The third-order valence-electron chi connectivity index (χ3n) is 1.84. The number of anilines is 1. The molecule has 0 spiro atoms. The van der Waals surface area contributed by atoms with E-state index in [0.29, 0.717) is 11.3 Å². The number of nitrogens with one attached hydrogen (secondary N) is 1. The fraction of sp³-hybridized carbons (Fsp3) is 0.300. The van der Waals surface area contributed by atoms with Gasteiger partial charge in [-0.1, -0.05) is 0 Å². The number of aliphatic hydroxyl groups is 2. The van der Waals surface area contributed by atoms with Gasteiger partial charge < -0.3 is 15.5 Å². The monoisotopic (exact) mass is 318 g/mol. The molecule has 1 aromatic carbocycles. The van der Waals surface area contributed by atoms with Gasteiger partial charge in [0.25, 0.3) is 0 Å². The molecule has 0 fully saturated rings. The molecule has 4 nitrogen and oxygen atoms in total. The lowest BCUT2D eigenvalue weighted by molar-refractivity contribution is 0.105. The van der Waals surface area contributed by atoms with Crippen molar-refractivity contribution in [3.8, 4) is 6.07 Å². The molecule has 0 heterocycles. The summed E-state index contributed by atoms with van der Waals surface area (Å²) in [5.41, 5.74) is 1.21. The van der Waals surface area contributed by atoms with E-state index in [1.165, 1.54) is 0 Å². The molecule has 0 aliphatic rings. The van der Waals surface area contributed by atoms with Crippen molar-refractivity contribution < 1.29 is 10.2 Å². The van der Waals surface area contributed by atoms with Crippen LogP contribution in [0.25, 0.3) is 0 Å². The van der Waals surface area contributed by atoms with Crippen LogP contribution in [0, 0.1) is 14.9 Å². The van der Waals surface area contributed by atoms with Crippen LogP contribution >= 0.6 is 22.6 Å². The molecule has 0 bridgehead atoms. The molecule has 0 amide bonds. The first-order valence-corrected chi connectivity index (χ1v) is 5.47. The van der Waals surface area contributed by atoms with Crippen molar-refractivity contribution in [1.29, 1.82) is 5.26 Å². The van der Waals surface area contributed by atoms with Crippen LogP contribution in [-0.2, 0) is 0 Å². The summed E-state index contributed by atoms with van der Waals surface area (Å²) in [6.45, 7) is -0.0645. The molecule has 0 saturated carbocycles. The Morgan fingerprint density at radius 2 is 2.27 bits per heavy atom. The number of nitrogens with zero attached hydrogens (tertiary/aromatic N) is 1. The van der Waals surface area contributed by atoms with Crippen molar-refractivity contribution in [3.05, 3.63) is 27.3 Å². The number of halogens is 1. The number of aliphatic hydroxyl groups excluding tert-OH is 2. The van der Waals surface area contributed by atoms with Crippen LogP contribution < -0.4 is 5.32 Å². The van der Waals surface area contributed by atoms with Crippen LogP contribution in [0.1, 0.15) is 5.56 Å². The summed E-state index contributed by atoms with van der Waals surface area (Å²) in [4.78, 5) is 0. The first kappa shape index (κ1) is 12.2. The Hall–Kier alpha value is -0.840. The summed E-state index contributed by atoms with van der Waals surface area (Å²) in [7, 11) is 0. The Balaban J connectivity index is 2.73. The maximum Gasteiger partial charge on any atom is 0.101 e. The van der Waals surface area contributed by atoms with Crippen molar-refractivity contribution in [2.45, 2.75) is 6.10 Å². The topological polar surface area (TPSA) is 76.3 Å². The predicted octanol–water partition coefficient (Wildman–Crippen LogP) is 0.928. The highest BCUT2D eigenvalue weighted by Crippen LogP contribution is 2.17.